The summed E-state index contributed by atoms with van der Waals surface area (Å²) in [7, 11) is 0. The molecule has 0 fully saturated rings. The number of hydrogen-bond acceptors (Lipinski definition) is 3. The lowest BCUT2D eigenvalue weighted by atomic mass is 9.87. The van der Waals surface area contributed by atoms with Gasteiger partial charge in [0.1, 0.15) is 0 Å². The molecule has 1 rings (SSSR count). The molecule has 0 aliphatic carbocycles. The predicted molar refractivity (Wildman–Crippen MR) is 63.5 cm³/mol. The Morgan fingerprint density at radius 2 is 2.31 bits per heavy atom. The van der Waals surface area contributed by atoms with Crippen LogP contribution in [0, 0.1) is 23.2 Å². The molecule has 0 saturated carbocycles. The number of ketones is 1. The molecule has 1 N–H and O–H groups in total. The zero-order chi connectivity index (χ0) is 12.1. The van der Waals surface area contributed by atoms with E-state index in [2.05, 4.69) is 25.2 Å². The highest BCUT2D eigenvalue weighted by Crippen LogP contribution is 2.25. The van der Waals surface area contributed by atoms with E-state index in [9.17, 15) is 4.79 Å². The molecule has 0 spiro atoms. The molecule has 0 unspecified atom stereocenters. The zero-order valence-electron chi connectivity index (χ0n) is 10.3. The Morgan fingerprint density at radius 1 is 1.62 bits per heavy atom. The highest BCUT2D eigenvalue weighted by atomic mass is 16.1. The van der Waals surface area contributed by atoms with Crippen molar-refractivity contribution in [3.8, 4) is 6.07 Å². The normalized spacial score (nSPS) is 20.6. The molecule has 88 valence electrons. The lowest BCUT2D eigenvalue weighted by molar-refractivity contribution is -0.116. The average molecular weight is 220 g/mol. The van der Waals surface area contributed by atoms with Crippen molar-refractivity contribution < 1.29 is 4.79 Å². The van der Waals surface area contributed by atoms with Crippen LogP contribution < -0.4 is 5.32 Å². The molecule has 1 atom stereocenters. The van der Waals surface area contributed by atoms with E-state index >= 15 is 0 Å². The van der Waals surface area contributed by atoms with E-state index in [1.54, 1.807) is 0 Å². The Labute approximate surface area is 97.5 Å². The molecule has 0 radical (unpaired) electrons. The predicted octanol–water partition coefficient (Wildman–Crippen LogP) is 2.40. The third kappa shape index (κ3) is 2.85. The van der Waals surface area contributed by atoms with E-state index in [0.717, 1.165) is 17.7 Å². The third-order valence-electron chi connectivity index (χ3n) is 2.89. The Morgan fingerprint density at radius 3 is 2.81 bits per heavy atom. The van der Waals surface area contributed by atoms with Crippen LogP contribution in [0.3, 0.4) is 0 Å². The van der Waals surface area contributed by atoms with Gasteiger partial charge in [-0.25, -0.2) is 0 Å². The van der Waals surface area contributed by atoms with Gasteiger partial charge in [0.25, 0.3) is 0 Å². The summed E-state index contributed by atoms with van der Waals surface area (Å²) in [6, 6.07) is 2.24. The van der Waals surface area contributed by atoms with Gasteiger partial charge in [-0.05, 0) is 18.8 Å². The van der Waals surface area contributed by atoms with E-state index in [1.807, 2.05) is 6.92 Å². The topological polar surface area (TPSA) is 52.9 Å². The number of carbonyl (C=O) groups excluding carboxylic acids is 1. The van der Waals surface area contributed by atoms with Crippen molar-refractivity contribution in [1.82, 2.24) is 5.32 Å². The molecule has 1 heterocycles. The Bertz CT molecular complexity index is 336. The van der Waals surface area contributed by atoms with Crippen molar-refractivity contribution in [1.29, 1.82) is 5.26 Å². The molecule has 3 nitrogen and oxygen atoms in total. The molecule has 0 aromatic heterocycles. The Hall–Kier alpha value is -1.30. The molecule has 16 heavy (non-hydrogen) atoms. The summed E-state index contributed by atoms with van der Waals surface area (Å²) in [5.74, 6) is 0.479. The van der Waals surface area contributed by atoms with Crippen LogP contribution in [0.15, 0.2) is 11.3 Å². The second-order valence-corrected chi connectivity index (χ2v) is 4.63. The summed E-state index contributed by atoms with van der Waals surface area (Å²) in [6.07, 6.45) is 2.08. The van der Waals surface area contributed by atoms with Crippen LogP contribution in [0.1, 0.15) is 40.0 Å². The fourth-order valence-corrected chi connectivity index (χ4v) is 2.05. The maximum absolute atomic E-state index is 12.0. The number of Topliss-reactive ketones (excluding diaryl/α,β-unsaturated/α-hetero) is 1. The first-order chi connectivity index (χ1) is 7.60. The van der Waals surface area contributed by atoms with E-state index in [-0.39, 0.29) is 11.7 Å². The SMILES string of the molecule is CCCC(=O)C1=C(C(C)C)NC[C@H](C#N)C1. The number of rotatable bonds is 4. The summed E-state index contributed by atoms with van der Waals surface area (Å²) >= 11 is 0. The summed E-state index contributed by atoms with van der Waals surface area (Å²) in [4.78, 5) is 12.0. The first-order valence-corrected chi connectivity index (χ1v) is 5.99. The molecule has 1 aliphatic heterocycles. The number of nitrogens with zero attached hydrogens (tertiary/aromatic N) is 1. The van der Waals surface area contributed by atoms with Gasteiger partial charge in [0.2, 0.25) is 0 Å². The van der Waals surface area contributed by atoms with E-state index in [4.69, 9.17) is 5.26 Å². The van der Waals surface area contributed by atoms with Crippen molar-refractivity contribution in [2.24, 2.45) is 11.8 Å². The molecule has 0 saturated heterocycles. The summed E-state index contributed by atoms with van der Waals surface area (Å²) in [5.41, 5.74) is 1.90. The lowest BCUT2D eigenvalue weighted by Crippen LogP contribution is -2.33. The van der Waals surface area contributed by atoms with Crippen LogP contribution in [0.5, 0.6) is 0 Å². The minimum Gasteiger partial charge on any atom is -0.386 e. The fraction of sp³-hybridized carbons (Fsp3) is 0.692. The molecule has 1 aliphatic rings. The van der Waals surface area contributed by atoms with Gasteiger partial charge in [0, 0.05) is 24.2 Å². The summed E-state index contributed by atoms with van der Waals surface area (Å²) in [6.45, 7) is 6.83. The fourth-order valence-electron chi connectivity index (χ4n) is 2.05. The van der Waals surface area contributed by atoms with Gasteiger partial charge in [-0.3, -0.25) is 4.79 Å². The lowest BCUT2D eigenvalue weighted by Gasteiger charge is -2.27. The molecular formula is C13H20N2O. The van der Waals surface area contributed by atoms with Gasteiger partial charge in [0.15, 0.2) is 5.78 Å². The Balaban J connectivity index is 2.93. The quantitative estimate of drug-likeness (QED) is 0.791. The minimum absolute atomic E-state index is 0.0571. The average Bonchev–Trinajstić information content (AvgIpc) is 2.28. The number of nitrogens with one attached hydrogen (secondary N) is 1. The largest absolute Gasteiger partial charge is 0.386 e. The van der Waals surface area contributed by atoms with Crippen molar-refractivity contribution in [3.05, 3.63) is 11.3 Å². The maximum atomic E-state index is 12.0. The van der Waals surface area contributed by atoms with Crippen LogP contribution >= 0.6 is 0 Å². The molecule has 0 amide bonds. The van der Waals surface area contributed by atoms with Gasteiger partial charge in [-0.1, -0.05) is 20.8 Å². The van der Waals surface area contributed by atoms with Gasteiger partial charge >= 0.3 is 0 Å². The second-order valence-electron chi connectivity index (χ2n) is 4.63. The number of nitriles is 1. The highest BCUT2D eigenvalue weighted by Gasteiger charge is 2.25. The molecule has 3 heteroatoms. The van der Waals surface area contributed by atoms with E-state index < -0.39 is 0 Å². The van der Waals surface area contributed by atoms with E-state index in [0.29, 0.717) is 25.3 Å². The Kier molecular flexibility index (Phi) is 4.54. The maximum Gasteiger partial charge on any atom is 0.160 e. The first-order valence-electron chi connectivity index (χ1n) is 5.99. The molecule has 0 aromatic rings. The van der Waals surface area contributed by atoms with Crippen molar-refractivity contribution >= 4 is 5.78 Å². The standard InChI is InChI=1S/C13H20N2O/c1-4-5-12(16)11-6-10(7-14)8-15-13(11)9(2)3/h9-10,15H,4-6,8H2,1-3H3/t10-/m0/s1. The van der Waals surface area contributed by atoms with Crippen LogP contribution in [0.25, 0.3) is 0 Å². The van der Waals surface area contributed by atoms with Crippen molar-refractivity contribution in [2.75, 3.05) is 6.54 Å². The van der Waals surface area contributed by atoms with Crippen LogP contribution in [-0.4, -0.2) is 12.3 Å². The summed E-state index contributed by atoms with van der Waals surface area (Å²) < 4.78 is 0. The van der Waals surface area contributed by atoms with Gasteiger partial charge in [-0.2, -0.15) is 5.26 Å². The van der Waals surface area contributed by atoms with Gasteiger partial charge in [-0.15, -0.1) is 0 Å². The number of allylic oxidation sites excluding steroid dienone is 2. The van der Waals surface area contributed by atoms with Gasteiger partial charge < -0.3 is 5.32 Å². The summed E-state index contributed by atoms with van der Waals surface area (Å²) in [5, 5.41) is 12.2. The van der Waals surface area contributed by atoms with Gasteiger partial charge in [0.05, 0.1) is 12.0 Å². The zero-order valence-corrected chi connectivity index (χ0v) is 10.3. The third-order valence-corrected chi connectivity index (χ3v) is 2.89. The van der Waals surface area contributed by atoms with Crippen LogP contribution in [-0.2, 0) is 4.79 Å². The molecule has 0 bridgehead atoms. The molecular weight excluding hydrogens is 200 g/mol. The number of carbonyl (C=O) groups is 1. The second kappa shape index (κ2) is 5.69. The first kappa shape index (κ1) is 12.8. The monoisotopic (exact) mass is 220 g/mol. The van der Waals surface area contributed by atoms with Crippen LogP contribution in [0.2, 0.25) is 0 Å². The van der Waals surface area contributed by atoms with Crippen molar-refractivity contribution in [2.45, 2.75) is 40.0 Å². The highest BCUT2D eigenvalue weighted by molar-refractivity contribution is 5.96. The molecule has 0 aromatic carbocycles. The van der Waals surface area contributed by atoms with Crippen LogP contribution in [0.4, 0.5) is 0 Å². The van der Waals surface area contributed by atoms with E-state index in [1.165, 1.54) is 0 Å². The number of hydrogen-bond donors (Lipinski definition) is 1. The van der Waals surface area contributed by atoms with Crippen molar-refractivity contribution in [3.63, 3.8) is 0 Å². The minimum atomic E-state index is -0.0571. The smallest absolute Gasteiger partial charge is 0.160 e.